The van der Waals surface area contributed by atoms with Gasteiger partial charge in [-0.1, -0.05) is 0 Å². The summed E-state index contributed by atoms with van der Waals surface area (Å²) in [4.78, 5) is 49.5. The number of esters is 1. The minimum Gasteiger partial charge on any atom is -0.461 e. The first-order valence-corrected chi connectivity index (χ1v) is 16.8. The number of anilines is 3. The van der Waals surface area contributed by atoms with Crippen LogP contribution in [0.2, 0.25) is 0 Å². The number of pyridine rings is 2. The van der Waals surface area contributed by atoms with E-state index in [2.05, 4.69) is 32.2 Å². The van der Waals surface area contributed by atoms with Crippen LogP contribution in [0.4, 0.5) is 21.6 Å². The molecule has 0 amide bonds. The van der Waals surface area contributed by atoms with Crippen molar-refractivity contribution in [2.45, 2.75) is 39.2 Å². The predicted octanol–water partition coefficient (Wildman–Crippen LogP) is 4.78. The lowest BCUT2D eigenvalue weighted by atomic mass is 9.97. The van der Waals surface area contributed by atoms with Gasteiger partial charge in [-0.2, -0.15) is 9.78 Å². The van der Waals surface area contributed by atoms with E-state index < -0.39 is 11.8 Å². The number of carbonyl (C=O) groups is 1. The van der Waals surface area contributed by atoms with E-state index in [0.717, 1.165) is 62.9 Å². The molecule has 0 saturated carbocycles. The second-order valence-corrected chi connectivity index (χ2v) is 13.5. The summed E-state index contributed by atoms with van der Waals surface area (Å²) in [7, 11) is 3.71. The summed E-state index contributed by atoms with van der Waals surface area (Å²) < 4.78 is 24.1. The Bertz CT molecular complexity index is 2150. The van der Waals surface area contributed by atoms with Crippen molar-refractivity contribution in [1.82, 2.24) is 24.2 Å². The van der Waals surface area contributed by atoms with Crippen LogP contribution in [0.3, 0.4) is 0 Å². The Morgan fingerprint density at radius 1 is 1.02 bits per heavy atom. The number of likely N-dealkylation sites (N-methyl/N-ethyl adjacent to an activating group) is 1. The number of benzene rings is 1. The van der Waals surface area contributed by atoms with Crippen LogP contribution < -0.4 is 21.3 Å². The van der Waals surface area contributed by atoms with Crippen LogP contribution in [0.15, 0.2) is 58.5 Å². The molecule has 0 radical (unpaired) electrons. The molecule has 48 heavy (non-hydrogen) atoms. The minimum atomic E-state index is -0.615. The molecule has 1 N–H and O–H groups in total. The first kappa shape index (κ1) is 31.7. The number of aromatic nitrogens is 4. The highest BCUT2D eigenvalue weighted by molar-refractivity contribution is 7.19. The number of thiophene rings is 1. The predicted molar refractivity (Wildman–Crippen MR) is 185 cm³/mol. The molecule has 4 aromatic heterocycles. The van der Waals surface area contributed by atoms with Crippen molar-refractivity contribution in [2.75, 3.05) is 43.4 Å². The highest BCUT2D eigenvalue weighted by Crippen LogP contribution is 2.36. The number of ether oxygens (including phenoxy) is 1. The molecule has 13 heteroatoms. The van der Waals surface area contributed by atoms with E-state index in [4.69, 9.17) is 4.74 Å². The van der Waals surface area contributed by atoms with Crippen LogP contribution in [0.5, 0.6) is 0 Å². The molecule has 248 valence electrons. The number of aryl methyl sites for hydroxylation is 3. The summed E-state index contributed by atoms with van der Waals surface area (Å²) >= 11 is 1.47. The van der Waals surface area contributed by atoms with Crippen molar-refractivity contribution in [3.63, 3.8) is 0 Å². The third kappa shape index (κ3) is 6.11. The highest BCUT2D eigenvalue weighted by atomic mass is 32.1. The second kappa shape index (κ2) is 13.0. The number of rotatable bonds is 7. The topological polar surface area (TPSA) is 115 Å². The van der Waals surface area contributed by atoms with Gasteiger partial charge in [0.1, 0.15) is 28.6 Å². The Kier molecular flexibility index (Phi) is 8.56. The van der Waals surface area contributed by atoms with E-state index >= 15 is 4.39 Å². The lowest BCUT2D eigenvalue weighted by Gasteiger charge is -2.33. The van der Waals surface area contributed by atoms with E-state index in [0.29, 0.717) is 27.2 Å². The average molecular weight is 670 g/mol. The maximum Gasteiger partial charge on any atom is 0.302 e. The van der Waals surface area contributed by atoms with Crippen molar-refractivity contribution in [3.8, 4) is 16.8 Å². The van der Waals surface area contributed by atoms with Crippen LogP contribution >= 0.6 is 11.3 Å². The van der Waals surface area contributed by atoms with Crippen molar-refractivity contribution in [3.05, 3.63) is 91.5 Å². The first-order valence-electron chi connectivity index (χ1n) is 16.0. The number of hydrogen-bond donors (Lipinski definition) is 1. The molecule has 5 aromatic rings. The smallest absolute Gasteiger partial charge is 0.302 e. The van der Waals surface area contributed by atoms with Gasteiger partial charge in [0.05, 0.1) is 23.8 Å². The van der Waals surface area contributed by atoms with Gasteiger partial charge in [-0.3, -0.25) is 14.4 Å². The molecule has 1 saturated heterocycles. The molecule has 1 fully saturated rings. The van der Waals surface area contributed by atoms with E-state index in [1.807, 2.05) is 12.1 Å². The summed E-state index contributed by atoms with van der Waals surface area (Å²) in [6.45, 7) is 4.80. The summed E-state index contributed by atoms with van der Waals surface area (Å²) in [5, 5.41) is 8.46. The monoisotopic (exact) mass is 669 g/mol. The average Bonchev–Trinajstić information content (AvgIpc) is 3.46. The van der Waals surface area contributed by atoms with E-state index in [1.54, 1.807) is 31.7 Å². The zero-order chi connectivity index (χ0) is 33.5. The molecule has 1 aromatic carbocycles. The molecule has 5 heterocycles. The van der Waals surface area contributed by atoms with Crippen molar-refractivity contribution < 1.29 is 13.9 Å². The van der Waals surface area contributed by atoms with E-state index in [-0.39, 0.29) is 29.1 Å². The molecular weight excluding hydrogens is 633 g/mol. The number of halogens is 1. The minimum absolute atomic E-state index is 0.161. The fraction of sp³-hybridized carbons (Fsp3) is 0.343. The van der Waals surface area contributed by atoms with Gasteiger partial charge in [-0.15, -0.1) is 11.3 Å². The molecule has 0 bridgehead atoms. The van der Waals surface area contributed by atoms with Gasteiger partial charge >= 0.3 is 5.97 Å². The highest BCUT2D eigenvalue weighted by Gasteiger charge is 2.23. The zero-order valence-corrected chi connectivity index (χ0v) is 27.9. The molecule has 7 rings (SSSR count). The Morgan fingerprint density at radius 3 is 2.56 bits per heavy atom. The molecule has 0 spiro atoms. The summed E-state index contributed by atoms with van der Waals surface area (Å²) in [5.74, 6) is -0.674. The Morgan fingerprint density at radius 2 is 1.81 bits per heavy atom. The van der Waals surface area contributed by atoms with Gasteiger partial charge in [0, 0.05) is 73.8 Å². The van der Waals surface area contributed by atoms with Gasteiger partial charge in [0.25, 0.3) is 11.1 Å². The van der Waals surface area contributed by atoms with Gasteiger partial charge < -0.3 is 24.4 Å². The quantitative estimate of drug-likeness (QED) is 0.245. The maximum atomic E-state index is 15.5. The van der Waals surface area contributed by atoms with Crippen molar-refractivity contribution in [2.24, 2.45) is 7.05 Å². The fourth-order valence-electron chi connectivity index (χ4n) is 6.51. The lowest BCUT2D eigenvalue weighted by molar-refractivity contribution is -0.142. The van der Waals surface area contributed by atoms with Gasteiger partial charge in [-0.05, 0) is 68.1 Å². The molecule has 11 nitrogen and oxygen atoms in total. The Labute approximate surface area is 280 Å². The number of nitrogens with zero attached hydrogens (tertiary/aromatic N) is 6. The van der Waals surface area contributed by atoms with Gasteiger partial charge in [0.2, 0.25) is 0 Å². The number of piperazine rings is 1. The summed E-state index contributed by atoms with van der Waals surface area (Å²) in [6, 6.07) is 7.94. The molecule has 1 aliphatic heterocycles. The molecule has 0 unspecified atom stereocenters. The fourth-order valence-corrected chi connectivity index (χ4v) is 7.80. The van der Waals surface area contributed by atoms with Gasteiger partial charge in [0.15, 0.2) is 0 Å². The van der Waals surface area contributed by atoms with Crippen LogP contribution in [-0.2, 0) is 36.0 Å². The normalized spacial score (nSPS) is 15.0. The summed E-state index contributed by atoms with van der Waals surface area (Å²) in [6.07, 6.45) is 9.01. The Balaban J connectivity index is 1.29. The standard InChI is InChI=1S/C35H36FN7O4S/c1-21(44)47-20-28-26(15-23(36)16-30(28)43-35(46)33-27(18-38-43)25-6-4-5-7-31(25)48-33)22-14-29(34(45)41(3)19-22)39-32-9-8-24(17-37-32)42-12-10-40(2)11-13-42/h8-9,14-19H,4-7,10-13,20H2,1-3H3,(H,37,39). The second-order valence-electron chi connectivity index (χ2n) is 12.4. The Hall–Kier alpha value is -4.88. The zero-order valence-electron chi connectivity index (χ0n) is 27.1. The third-order valence-corrected chi connectivity index (χ3v) is 10.4. The summed E-state index contributed by atoms with van der Waals surface area (Å²) in [5.41, 5.74) is 3.08. The van der Waals surface area contributed by atoms with Crippen LogP contribution in [-0.4, -0.2) is 63.4 Å². The molecule has 0 atom stereocenters. The van der Waals surface area contributed by atoms with Crippen LogP contribution in [0.1, 0.15) is 35.8 Å². The number of hydrogen-bond acceptors (Lipinski definition) is 10. The molecule has 1 aliphatic carbocycles. The maximum absolute atomic E-state index is 15.5. The number of fused-ring (bicyclic) bond motifs is 3. The van der Waals surface area contributed by atoms with Gasteiger partial charge in [-0.25, -0.2) is 9.37 Å². The van der Waals surface area contributed by atoms with Crippen molar-refractivity contribution in [1.29, 1.82) is 0 Å². The number of nitrogens with one attached hydrogen (secondary N) is 1. The van der Waals surface area contributed by atoms with E-state index in [1.165, 1.54) is 50.1 Å². The van der Waals surface area contributed by atoms with Crippen LogP contribution in [0, 0.1) is 5.82 Å². The third-order valence-electron chi connectivity index (χ3n) is 9.11. The molecular formula is C35H36FN7O4S. The first-order chi connectivity index (χ1) is 23.2. The van der Waals surface area contributed by atoms with Crippen LogP contribution in [0.25, 0.3) is 26.9 Å². The SMILES string of the molecule is CC(=O)OCc1c(-c2cc(Nc3ccc(N4CCN(C)CC4)cn3)c(=O)n(C)c2)cc(F)cc1-n1ncc2c3c(sc2c1=O)CCCC3. The molecule has 2 aliphatic rings. The largest absolute Gasteiger partial charge is 0.461 e. The lowest BCUT2D eigenvalue weighted by Crippen LogP contribution is -2.44. The van der Waals surface area contributed by atoms with Crippen molar-refractivity contribution >= 4 is 44.6 Å². The number of carbonyl (C=O) groups excluding carboxylic acids is 1. The van der Waals surface area contributed by atoms with E-state index in [9.17, 15) is 14.4 Å².